The van der Waals surface area contributed by atoms with Crippen LogP contribution in [0.3, 0.4) is 0 Å². The van der Waals surface area contributed by atoms with Gasteiger partial charge < -0.3 is 4.90 Å². The average molecular weight is 129 g/mol. The van der Waals surface area contributed by atoms with Crippen molar-refractivity contribution >= 4 is 16.4 Å². The Morgan fingerprint density at radius 1 is 1.75 bits per heavy atom. The molecule has 2 heteroatoms. The third-order valence-corrected chi connectivity index (χ3v) is 2.78. The van der Waals surface area contributed by atoms with E-state index >= 15 is 0 Å². The van der Waals surface area contributed by atoms with Crippen molar-refractivity contribution in [1.82, 2.24) is 4.90 Å². The summed E-state index contributed by atoms with van der Waals surface area (Å²) in [5, 5.41) is 0. The zero-order valence-corrected chi connectivity index (χ0v) is 6.00. The largest absolute Gasteiger partial charge is 0.369 e. The van der Waals surface area contributed by atoms with E-state index in [0.29, 0.717) is 10.5 Å². The molecule has 1 heterocycles. The molecule has 0 aromatic heterocycles. The lowest BCUT2D eigenvalue weighted by atomic mass is 10.5. The average Bonchev–Trinajstić information content (AvgIpc) is 1.85. The molecular formula is C6H11NS. The van der Waals surface area contributed by atoms with E-state index < -0.39 is 0 Å². The first kappa shape index (κ1) is 5.89. The molecule has 0 spiro atoms. The maximum atomic E-state index is 3.96. The topological polar surface area (TPSA) is 3.24 Å². The fourth-order valence-corrected chi connectivity index (χ4v) is 2.27. The fourth-order valence-electron chi connectivity index (χ4n) is 0.757. The maximum Gasteiger partial charge on any atom is 0.0583 e. The van der Waals surface area contributed by atoms with Gasteiger partial charge in [-0.1, -0.05) is 12.4 Å². The van der Waals surface area contributed by atoms with Gasteiger partial charge in [0.25, 0.3) is 0 Å². The molecule has 1 saturated heterocycles. The minimum atomic E-state index is 0.343. The summed E-state index contributed by atoms with van der Waals surface area (Å²) in [6.45, 7) is 3.88. The van der Waals surface area contributed by atoms with Crippen LogP contribution in [-0.4, -0.2) is 29.4 Å². The Hall–Kier alpha value is -0.240. The van der Waals surface area contributed by atoms with Gasteiger partial charge in [-0.15, -0.1) is 0 Å². The standard InChI is InChI=1S/C6H11NS/c1-6-4-8(3)5-7(6)2/h1,3-5H2,2H3. The molecule has 0 aliphatic carbocycles. The lowest BCUT2D eigenvalue weighted by Crippen LogP contribution is -2.08. The lowest BCUT2D eigenvalue weighted by molar-refractivity contribution is 0.516. The Bertz CT molecular complexity index is 139. The molecule has 0 bridgehead atoms. The van der Waals surface area contributed by atoms with Crippen molar-refractivity contribution in [2.24, 2.45) is 0 Å². The van der Waals surface area contributed by atoms with E-state index in [0.717, 1.165) is 11.6 Å². The van der Waals surface area contributed by atoms with Crippen LogP contribution in [0, 0.1) is 0 Å². The normalized spacial score (nSPS) is 29.4. The second-order valence-corrected chi connectivity index (χ2v) is 3.92. The van der Waals surface area contributed by atoms with E-state index in [9.17, 15) is 0 Å². The fraction of sp³-hybridized carbons (Fsp3) is 0.500. The highest BCUT2D eigenvalue weighted by atomic mass is 32.2. The summed E-state index contributed by atoms with van der Waals surface area (Å²) in [6.07, 6.45) is 0. The van der Waals surface area contributed by atoms with E-state index in [2.05, 4.69) is 24.4 Å². The Morgan fingerprint density at radius 3 is 2.50 bits per heavy atom. The maximum absolute atomic E-state index is 3.96. The Morgan fingerprint density at radius 2 is 2.38 bits per heavy atom. The Labute approximate surface area is 52.9 Å². The number of nitrogens with zero attached hydrogens (tertiary/aromatic N) is 1. The van der Waals surface area contributed by atoms with Crippen molar-refractivity contribution in [3.8, 4) is 0 Å². The van der Waals surface area contributed by atoms with Crippen molar-refractivity contribution in [1.29, 1.82) is 0 Å². The van der Waals surface area contributed by atoms with Gasteiger partial charge in [0, 0.05) is 18.5 Å². The minimum absolute atomic E-state index is 0.343. The van der Waals surface area contributed by atoms with Crippen molar-refractivity contribution in [3.05, 3.63) is 12.3 Å². The van der Waals surface area contributed by atoms with Crippen LogP contribution < -0.4 is 0 Å². The summed E-state index contributed by atoms with van der Waals surface area (Å²) in [4.78, 5) is 2.18. The molecule has 0 N–H and O–H groups in total. The van der Waals surface area contributed by atoms with E-state index in [1.165, 1.54) is 5.70 Å². The Balaban J connectivity index is 2.64. The predicted molar refractivity (Wildman–Crippen MR) is 41.3 cm³/mol. The zero-order chi connectivity index (χ0) is 6.15. The summed E-state index contributed by atoms with van der Waals surface area (Å²) in [7, 11) is 2.41. The van der Waals surface area contributed by atoms with Gasteiger partial charge in [-0.25, -0.2) is 0 Å². The van der Waals surface area contributed by atoms with Crippen molar-refractivity contribution in [2.45, 2.75) is 0 Å². The first-order chi connectivity index (χ1) is 3.70. The minimum Gasteiger partial charge on any atom is -0.369 e. The molecular weight excluding hydrogens is 118 g/mol. The molecule has 1 atom stereocenters. The molecule has 1 unspecified atom stereocenters. The first-order valence-corrected chi connectivity index (χ1v) is 4.29. The van der Waals surface area contributed by atoms with Crippen LogP contribution >= 0.6 is 10.5 Å². The van der Waals surface area contributed by atoms with Gasteiger partial charge in [0.15, 0.2) is 0 Å². The summed E-state index contributed by atoms with van der Waals surface area (Å²) < 4.78 is 0. The highest BCUT2D eigenvalue weighted by molar-refractivity contribution is 8.14. The van der Waals surface area contributed by atoms with E-state index in [1.807, 2.05) is 0 Å². The van der Waals surface area contributed by atoms with Gasteiger partial charge in [0.05, 0.1) is 5.88 Å². The van der Waals surface area contributed by atoms with Gasteiger partial charge in [0.1, 0.15) is 0 Å². The van der Waals surface area contributed by atoms with Gasteiger partial charge in [-0.3, -0.25) is 0 Å². The monoisotopic (exact) mass is 129 g/mol. The third kappa shape index (κ3) is 0.944. The quantitative estimate of drug-likeness (QED) is 0.443. The smallest absolute Gasteiger partial charge is 0.0583 e. The van der Waals surface area contributed by atoms with Gasteiger partial charge in [-0.2, -0.15) is 10.5 Å². The van der Waals surface area contributed by atoms with Crippen LogP contribution in [0.2, 0.25) is 0 Å². The van der Waals surface area contributed by atoms with Crippen molar-refractivity contribution in [3.63, 3.8) is 0 Å². The van der Waals surface area contributed by atoms with Gasteiger partial charge >= 0.3 is 0 Å². The SMILES string of the molecule is C=C1CS(=C)CN1C. The van der Waals surface area contributed by atoms with Crippen LogP contribution in [0.25, 0.3) is 0 Å². The molecule has 1 nitrogen and oxygen atoms in total. The highest BCUT2D eigenvalue weighted by Crippen LogP contribution is 2.24. The van der Waals surface area contributed by atoms with Crippen molar-refractivity contribution < 1.29 is 0 Å². The van der Waals surface area contributed by atoms with E-state index in [4.69, 9.17) is 0 Å². The summed E-state index contributed by atoms with van der Waals surface area (Å²) in [5.41, 5.74) is 1.24. The molecule has 0 amide bonds. The highest BCUT2D eigenvalue weighted by Gasteiger charge is 2.11. The molecule has 46 valence electrons. The molecule has 0 saturated carbocycles. The van der Waals surface area contributed by atoms with Gasteiger partial charge in [0.2, 0.25) is 0 Å². The number of hydrogen-bond acceptors (Lipinski definition) is 1. The van der Waals surface area contributed by atoms with Crippen LogP contribution in [0.5, 0.6) is 0 Å². The molecule has 0 radical (unpaired) electrons. The molecule has 8 heavy (non-hydrogen) atoms. The molecule has 1 fully saturated rings. The summed E-state index contributed by atoms with van der Waals surface area (Å²) in [5.74, 6) is 6.18. The van der Waals surface area contributed by atoms with E-state index in [1.54, 1.807) is 0 Å². The second-order valence-electron chi connectivity index (χ2n) is 2.15. The zero-order valence-electron chi connectivity index (χ0n) is 5.18. The first-order valence-electron chi connectivity index (χ1n) is 2.56. The van der Waals surface area contributed by atoms with Gasteiger partial charge in [-0.05, 0) is 0 Å². The lowest BCUT2D eigenvalue weighted by Gasteiger charge is -2.07. The Kier molecular flexibility index (Phi) is 1.43. The van der Waals surface area contributed by atoms with Crippen LogP contribution in [-0.2, 0) is 0 Å². The molecule has 1 rings (SSSR count). The molecule has 1 aliphatic heterocycles. The second kappa shape index (κ2) is 1.94. The van der Waals surface area contributed by atoms with E-state index in [-0.39, 0.29) is 0 Å². The molecule has 0 aromatic rings. The summed E-state index contributed by atoms with van der Waals surface area (Å²) in [6, 6.07) is 0. The summed E-state index contributed by atoms with van der Waals surface area (Å²) >= 11 is 0. The molecule has 1 aliphatic rings. The molecule has 0 aromatic carbocycles. The van der Waals surface area contributed by atoms with Crippen LogP contribution in [0.1, 0.15) is 0 Å². The van der Waals surface area contributed by atoms with Crippen molar-refractivity contribution in [2.75, 3.05) is 18.7 Å². The number of rotatable bonds is 0. The third-order valence-electron chi connectivity index (χ3n) is 1.29. The predicted octanol–water partition coefficient (Wildman–Crippen LogP) is 1.10. The van der Waals surface area contributed by atoms with Crippen LogP contribution in [0.15, 0.2) is 12.3 Å². The van der Waals surface area contributed by atoms with Crippen LogP contribution in [0.4, 0.5) is 0 Å². The number of hydrogen-bond donors (Lipinski definition) is 0.